The number of phosphoric acid groups is 2. The summed E-state index contributed by atoms with van der Waals surface area (Å²) in [7, 11) is -11.0. The maximum Gasteiger partial charge on any atom is 0.481 e. The zero-order valence-electron chi connectivity index (χ0n) is 44.0. The standard InChI is InChI=1S/C52H89N3O17P2/c1-4-5-6-7-8-9-10-16-19-22-25-28-32-43(56)44(57)33-30-35-47(58)67-38-42(70-48(59)34-29-26-23-20-17-14-12-11-13-15-18-21-24-27-31-41(2)3)39-68-73(63,64)72-74(65,66)69-40-45-49(60)50(61)51(71-45)55-37-36-46(53)54-52(55)62/h5-6,8-9,16,19,25,28,36-37,41-45,49-51,56-57,60-61H,4,7,10-15,17-18,20-24,26-27,29-35,38-40H2,1-3H3,(H,63,64)(H,65,66)(H2,53,54,62)/b6-5-,9-8-,19-16-,28-25-/t42-,43+,44+,45-,49-,50-,51-/m1/s1. The third-order valence-corrected chi connectivity index (χ3v) is 14.7. The van der Waals surface area contributed by atoms with Crippen molar-refractivity contribution in [3.8, 4) is 0 Å². The smallest absolute Gasteiger partial charge is 0.462 e. The van der Waals surface area contributed by atoms with E-state index < -0.39 is 95.9 Å². The van der Waals surface area contributed by atoms with Crippen LogP contribution in [0.2, 0.25) is 0 Å². The molecule has 0 spiro atoms. The van der Waals surface area contributed by atoms with Crippen LogP contribution in [0.15, 0.2) is 65.7 Å². The highest BCUT2D eigenvalue weighted by Crippen LogP contribution is 2.60. The van der Waals surface area contributed by atoms with E-state index in [2.05, 4.69) is 54.4 Å². The Morgan fingerprint density at radius 2 is 1.24 bits per heavy atom. The molecular weight excluding hydrogens is 1000 g/mol. The normalized spacial score (nSPS) is 20.2. The molecule has 0 saturated carbocycles. The van der Waals surface area contributed by atoms with Gasteiger partial charge < -0.3 is 50.2 Å². The molecule has 1 saturated heterocycles. The number of carbonyl (C=O) groups is 2. The molecule has 0 aliphatic carbocycles. The minimum absolute atomic E-state index is 0.00979. The highest BCUT2D eigenvalue weighted by atomic mass is 31.3. The average molecular weight is 1090 g/mol. The molecule has 20 nitrogen and oxygen atoms in total. The predicted octanol–water partition coefficient (Wildman–Crippen LogP) is 9.14. The van der Waals surface area contributed by atoms with E-state index >= 15 is 0 Å². The third-order valence-electron chi connectivity index (χ3n) is 12.1. The van der Waals surface area contributed by atoms with Gasteiger partial charge in [0.15, 0.2) is 12.3 Å². The SMILES string of the molecule is CC/C=C\C/C=C\C/C=C\C/C=C\C[C@H](O)[C@@H](O)CCCC(=O)OC[C@H](COP(=O)(O)OP(=O)(O)OC[C@H]1O[C@@H](n2ccc(N)nc2=O)[C@H](O)[C@@H]1O)OC(=O)CCCCCCCCCCCCCCCCC(C)C. The summed E-state index contributed by atoms with van der Waals surface area (Å²) in [6.07, 6.45) is 27.8. The summed E-state index contributed by atoms with van der Waals surface area (Å²) in [6, 6.07) is 1.23. The number of carbonyl (C=O) groups excluding carboxylic acids is 2. The zero-order valence-corrected chi connectivity index (χ0v) is 45.8. The molecule has 1 aromatic heterocycles. The number of nitrogens with two attached hydrogens (primary N) is 1. The Hall–Kier alpha value is -3.36. The molecule has 0 bridgehead atoms. The highest BCUT2D eigenvalue weighted by molar-refractivity contribution is 7.61. The van der Waals surface area contributed by atoms with E-state index in [4.69, 9.17) is 29.0 Å². The molecule has 1 aliphatic heterocycles. The van der Waals surface area contributed by atoms with Gasteiger partial charge in [0.1, 0.15) is 30.7 Å². The van der Waals surface area contributed by atoms with Gasteiger partial charge in [-0.05, 0) is 63.4 Å². The van der Waals surface area contributed by atoms with Gasteiger partial charge in [-0.1, -0.05) is 159 Å². The summed E-state index contributed by atoms with van der Waals surface area (Å²) in [4.78, 5) is 62.1. The molecule has 1 fully saturated rings. The lowest BCUT2D eigenvalue weighted by Gasteiger charge is -2.21. The van der Waals surface area contributed by atoms with Crippen molar-refractivity contribution in [2.24, 2.45) is 5.92 Å². The number of nitrogens with zero attached hydrogens (tertiary/aromatic N) is 2. The van der Waals surface area contributed by atoms with E-state index in [1.807, 2.05) is 18.2 Å². The minimum atomic E-state index is -5.49. The van der Waals surface area contributed by atoms with Crippen LogP contribution in [0.5, 0.6) is 0 Å². The predicted molar refractivity (Wildman–Crippen MR) is 282 cm³/mol. The van der Waals surface area contributed by atoms with Crippen molar-refractivity contribution < 1.29 is 76.5 Å². The van der Waals surface area contributed by atoms with Crippen molar-refractivity contribution >= 4 is 33.4 Å². The molecule has 0 aromatic carbocycles. The van der Waals surface area contributed by atoms with Gasteiger partial charge in [-0.2, -0.15) is 9.29 Å². The molecule has 2 rings (SSSR count). The number of unbranched alkanes of at least 4 members (excludes halogenated alkanes) is 13. The summed E-state index contributed by atoms with van der Waals surface area (Å²) in [5.41, 5.74) is 4.57. The van der Waals surface area contributed by atoms with Crippen molar-refractivity contribution in [1.82, 2.24) is 9.55 Å². The third kappa shape index (κ3) is 31.6. The first-order chi connectivity index (χ1) is 35.3. The lowest BCUT2D eigenvalue weighted by Crippen LogP contribution is -2.36. The monoisotopic (exact) mass is 1090 g/mol. The fraction of sp³-hybridized carbons (Fsp3) is 0.731. The van der Waals surface area contributed by atoms with Crippen molar-refractivity contribution in [3.63, 3.8) is 0 Å². The number of nitrogen functional groups attached to an aromatic ring is 1. The fourth-order valence-electron chi connectivity index (χ4n) is 7.82. The highest BCUT2D eigenvalue weighted by Gasteiger charge is 2.46. The molecule has 2 heterocycles. The van der Waals surface area contributed by atoms with Crippen LogP contribution >= 0.6 is 15.6 Å². The molecule has 74 heavy (non-hydrogen) atoms. The van der Waals surface area contributed by atoms with E-state index in [-0.39, 0.29) is 37.9 Å². The summed E-state index contributed by atoms with van der Waals surface area (Å²) < 4.78 is 56.6. The Labute approximate surface area is 438 Å². The summed E-state index contributed by atoms with van der Waals surface area (Å²) in [5.74, 6) is -0.816. The molecule has 22 heteroatoms. The molecule has 2 unspecified atom stereocenters. The van der Waals surface area contributed by atoms with Crippen molar-refractivity contribution in [2.45, 2.75) is 218 Å². The van der Waals surface area contributed by atoms with Crippen LogP contribution in [0.3, 0.4) is 0 Å². The van der Waals surface area contributed by atoms with E-state index in [1.54, 1.807) is 6.08 Å². The Balaban J connectivity index is 1.85. The Morgan fingerprint density at radius 1 is 0.716 bits per heavy atom. The number of phosphoric ester groups is 2. The number of aliphatic hydroxyl groups excluding tert-OH is 4. The maximum atomic E-state index is 12.9. The number of aromatic nitrogens is 2. The molecule has 8 N–H and O–H groups in total. The Bertz CT molecular complexity index is 1980. The van der Waals surface area contributed by atoms with Gasteiger partial charge in [-0.15, -0.1) is 0 Å². The number of hydrogen-bond acceptors (Lipinski definition) is 17. The maximum absolute atomic E-state index is 12.9. The molecule has 1 aliphatic rings. The van der Waals surface area contributed by atoms with E-state index in [1.165, 1.54) is 63.9 Å². The van der Waals surface area contributed by atoms with Gasteiger partial charge in [-0.3, -0.25) is 23.2 Å². The van der Waals surface area contributed by atoms with Gasteiger partial charge in [0, 0.05) is 19.0 Å². The lowest BCUT2D eigenvalue weighted by atomic mass is 10.0. The first-order valence-electron chi connectivity index (χ1n) is 26.7. The molecule has 424 valence electrons. The first kappa shape index (κ1) is 66.8. The number of allylic oxidation sites excluding steroid dienone is 7. The number of aliphatic hydroxyl groups is 4. The largest absolute Gasteiger partial charge is 0.481 e. The molecule has 0 amide bonds. The summed E-state index contributed by atoms with van der Waals surface area (Å²) in [6.45, 7) is 4.08. The zero-order chi connectivity index (χ0) is 54.6. The Morgan fingerprint density at radius 3 is 1.81 bits per heavy atom. The lowest BCUT2D eigenvalue weighted by molar-refractivity contribution is -0.161. The van der Waals surface area contributed by atoms with Crippen LogP contribution in [0.25, 0.3) is 0 Å². The molecule has 1 aromatic rings. The number of esters is 2. The summed E-state index contributed by atoms with van der Waals surface area (Å²) >= 11 is 0. The van der Waals surface area contributed by atoms with Crippen molar-refractivity contribution in [1.29, 1.82) is 0 Å². The number of hydrogen-bond donors (Lipinski definition) is 7. The van der Waals surface area contributed by atoms with E-state index in [9.17, 15) is 53.7 Å². The van der Waals surface area contributed by atoms with Crippen LogP contribution in [0.1, 0.15) is 181 Å². The molecule has 0 radical (unpaired) electrons. The second-order valence-electron chi connectivity index (χ2n) is 19.1. The van der Waals surface area contributed by atoms with Crippen LogP contribution in [-0.4, -0.2) is 108 Å². The number of rotatable bonds is 43. The van der Waals surface area contributed by atoms with Crippen molar-refractivity contribution in [3.05, 3.63) is 71.4 Å². The van der Waals surface area contributed by atoms with Crippen molar-refractivity contribution in [2.75, 3.05) is 25.6 Å². The van der Waals surface area contributed by atoms with Gasteiger partial charge in [0.2, 0.25) is 0 Å². The average Bonchev–Trinajstić information content (AvgIpc) is 3.62. The quantitative estimate of drug-likeness (QED) is 0.0139. The van der Waals surface area contributed by atoms with Crippen LogP contribution < -0.4 is 11.4 Å². The molecular formula is C52H89N3O17P2. The van der Waals surface area contributed by atoms with Crippen LogP contribution in [0, 0.1) is 5.92 Å². The number of ether oxygens (including phenoxy) is 3. The Kier molecular flexibility index (Phi) is 35.2. The number of anilines is 1. The fourth-order valence-corrected chi connectivity index (χ4v) is 9.93. The summed E-state index contributed by atoms with van der Waals surface area (Å²) in [5, 5.41) is 41.8. The topological polar surface area (TPSA) is 306 Å². The van der Waals surface area contributed by atoms with Crippen LogP contribution in [-0.2, 0) is 46.3 Å². The van der Waals surface area contributed by atoms with Gasteiger partial charge >= 0.3 is 33.3 Å². The first-order valence-corrected chi connectivity index (χ1v) is 29.7. The second-order valence-corrected chi connectivity index (χ2v) is 22.2. The van der Waals surface area contributed by atoms with Crippen LogP contribution in [0.4, 0.5) is 5.82 Å². The molecule has 9 atom stereocenters. The second kappa shape index (κ2) is 39.1. The van der Waals surface area contributed by atoms with Gasteiger partial charge in [0.05, 0.1) is 25.4 Å². The van der Waals surface area contributed by atoms with Gasteiger partial charge in [-0.25, -0.2) is 13.9 Å². The van der Waals surface area contributed by atoms with E-state index in [0.29, 0.717) is 12.8 Å². The minimum Gasteiger partial charge on any atom is -0.462 e. The van der Waals surface area contributed by atoms with E-state index in [0.717, 1.165) is 68.0 Å². The van der Waals surface area contributed by atoms with Gasteiger partial charge in [0.25, 0.3) is 0 Å².